The summed E-state index contributed by atoms with van der Waals surface area (Å²) in [4.78, 5) is 37.4. The summed E-state index contributed by atoms with van der Waals surface area (Å²) in [5.41, 5.74) is 9.50. The molecule has 0 spiro atoms. The highest BCUT2D eigenvalue weighted by molar-refractivity contribution is 5.97. The van der Waals surface area contributed by atoms with Gasteiger partial charge in [0.15, 0.2) is 0 Å². The smallest absolute Gasteiger partial charge is 0.338 e. The molecular formula is C37H37N5O6. The molecule has 0 aliphatic rings. The number of hydrogen-bond donors (Lipinski definition) is 0. The molecule has 2 heterocycles. The minimum Gasteiger partial charge on any atom is -0.460 e. The molecule has 0 saturated heterocycles. The van der Waals surface area contributed by atoms with Crippen LogP contribution in [0.3, 0.4) is 0 Å². The highest BCUT2D eigenvalue weighted by Crippen LogP contribution is 2.31. The Bertz CT molecular complexity index is 2080. The number of esters is 1. The molecule has 0 unspecified atom stereocenters. The van der Waals surface area contributed by atoms with Crippen LogP contribution in [0.15, 0.2) is 84.9 Å². The van der Waals surface area contributed by atoms with Crippen molar-refractivity contribution in [2.24, 2.45) is 7.05 Å². The van der Waals surface area contributed by atoms with E-state index in [1.807, 2.05) is 42.5 Å². The van der Waals surface area contributed by atoms with Gasteiger partial charge in [-0.3, -0.25) is 0 Å². The van der Waals surface area contributed by atoms with Gasteiger partial charge in [-0.05, 0) is 65.9 Å². The van der Waals surface area contributed by atoms with Crippen molar-refractivity contribution in [3.8, 4) is 22.5 Å². The summed E-state index contributed by atoms with van der Waals surface area (Å²) in [6, 6.07) is 28.1. The van der Waals surface area contributed by atoms with Gasteiger partial charge in [-0.15, -0.1) is 10.1 Å². The molecule has 0 bridgehead atoms. The Morgan fingerprint density at radius 2 is 1.62 bits per heavy atom. The molecule has 48 heavy (non-hydrogen) atoms. The zero-order valence-electron chi connectivity index (χ0n) is 27.2. The number of fused-ring (bicyclic) bond motifs is 2. The number of aryl methyl sites for hydroxylation is 3. The number of benzene rings is 4. The van der Waals surface area contributed by atoms with Gasteiger partial charge in [0.2, 0.25) is 0 Å². The molecule has 4 aromatic carbocycles. The summed E-state index contributed by atoms with van der Waals surface area (Å²) >= 11 is 0. The fourth-order valence-electron chi connectivity index (χ4n) is 5.99. The molecule has 6 aromatic rings. The van der Waals surface area contributed by atoms with Crippen LogP contribution in [0.25, 0.3) is 44.6 Å². The number of ether oxygens (including phenoxy) is 2. The summed E-state index contributed by atoms with van der Waals surface area (Å²) in [6.45, 7) is 4.89. The van der Waals surface area contributed by atoms with E-state index in [4.69, 9.17) is 19.4 Å². The standard InChI is InChI=1S/C37H37N5O6/c1-4-9-34-39-35-25(2)22-28(36-38-31-12-7-8-13-32(31)40(36)3)23-33(35)41(34)24-26-14-16-27(17-15-26)29-10-5-6-11-30(29)37(43)47-20-18-46-19-21-48-42(44)45/h5-8,10-17,22-23H,4,9,18-21,24H2,1-3H3. The van der Waals surface area contributed by atoms with Gasteiger partial charge in [-0.25, -0.2) is 14.8 Å². The van der Waals surface area contributed by atoms with Crippen molar-refractivity contribution in [1.82, 2.24) is 19.1 Å². The lowest BCUT2D eigenvalue weighted by atomic mass is 9.98. The molecule has 11 nitrogen and oxygen atoms in total. The number of rotatable bonds is 14. The summed E-state index contributed by atoms with van der Waals surface area (Å²) in [7, 11) is 2.05. The molecule has 0 N–H and O–H groups in total. The molecule has 246 valence electrons. The normalized spacial score (nSPS) is 11.3. The Kier molecular flexibility index (Phi) is 9.77. The third kappa shape index (κ3) is 6.91. The van der Waals surface area contributed by atoms with Gasteiger partial charge in [0.25, 0.3) is 5.09 Å². The molecule has 0 amide bonds. The minimum absolute atomic E-state index is 0.0152. The molecule has 0 saturated carbocycles. The van der Waals surface area contributed by atoms with Crippen molar-refractivity contribution in [2.45, 2.75) is 33.2 Å². The summed E-state index contributed by atoms with van der Waals surface area (Å²) < 4.78 is 15.1. The average Bonchev–Trinajstić information content (AvgIpc) is 3.61. The van der Waals surface area contributed by atoms with E-state index in [-0.39, 0.29) is 26.4 Å². The van der Waals surface area contributed by atoms with Gasteiger partial charge >= 0.3 is 5.97 Å². The first-order chi connectivity index (χ1) is 23.3. The van der Waals surface area contributed by atoms with E-state index in [0.717, 1.165) is 74.4 Å². The van der Waals surface area contributed by atoms with E-state index in [1.54, 1.807) is 12.1 Å². The van der Waals surface area contributed by atoms with Crippen LogP contribution in [-0.2, 0) is 34.3 Å². The first-order valence-corrected chi connectivity index (χ1v) is 16.0. The van der Waals surface area contributed by atoms with Crippen molar-refractivity contribution in [2.75, 3.05) is 26.4 Å². The fraction of sp³-hybridized carbons (Fsp3) is 0.270. The second-order valence-corrected chi connectivity index (χ2v) is 11.6. The second-order valence-electron chi connectivity index (χ2n) is 11.6. The zero-order valence-corrected chi connectivity index (χ0v) is 27.2. The van der Waals surface area contributed by atoms with Crippen LogP contribution in [0.5, 0.6) is 0 Å². The molecule has 0 aliphatic carbocycles. The number of para-hydroxylation sites is 2. The Labute approximate surface area is 277 Å². The molecule has 0 radical (unpaired) electrons. The van der Waals surface area contributed by atoms with Crippen LogP contribution in [0.1, 0.15) is 40.7 Å². The third-order valence-corrected chi connectivity index (χ3v) is 8.28. The molecule has 0 atom stereocenters. The van der Waals surface area contributed by atoms with Gasteiger partial charge in [0.1, 0.15) is 24.9 Å². The van der Waals surface area contributed by atoms with Crippen LogP contribution >= 0.6 is 0 Å². The third-order valence-electron chi connectivity index (χ3n) is 8.28. The predicted molar refractivity (Wildman–Crippen MR) is 183 cm³/mol. The van der Waals surface area contributed by atoms with Gasteiger partial charge in [0.05, 0.1) is 40.8 Å². The van der Waals surface area contributed by atoms with Crippen LogP contribution in [0.4, 0.5) is 0 Å². The van der Waals surface area contributed by atoms with Crippen molar-refractivity contribution in [3.63, 3.8) is 0 Å². The van der Waals surface area contributed by atoms with Crippen LogP contribution in [-0.4, -0.2) is 56.6 Å². The molecule has 11 heteroatoms. The summed E-state index contributed by atoms with van der Waals surface area (Å²) in [5.74, 6) is 1.49. The van der Waals surface area contributed by atoms with Crippen molar-refractivity contribution in [3.05, 3.63) is 118 Å². The van der Waals surface area contributed by atoms with Gasteiger partial charge in [0, 0.05) is 25.6 Å². The first-order valence-electron chi connectivity index (χ1n) is 16.0. The van der Waals surface area contributed by atoms with Crippen molar-refractivity contribution >= 4 is 28.0 Å². The maximum atomic E-state index is 12.9. The first kappa shape index (κ1) is 32.4. The lowest BCUT2D eigenvalue weighted by molar-refractivity contribution is -0.758. The molecule has 0 fully saturated rings. The molecular weight excluding hydrogens is 610 g/mol. The van der Waals surface area contributed by atoms with E-state index < -0.39 is 11.1 Å². The molecule has 2 aromatic heterocycles. The van der Waals surface area contributed by atoms with E-state index in [0.29, 0.717) is 12.1 Å². The summed E-state index contributed by atoms with van der Waals surface area (Å²) in [5, 5.41) is 9.33. The number of hydrogen-bond acceptors (Lipinski definition) is 8. The quantitative estimate of drug-likeness (QED) is 0.0539. The lowest BCUT2D eigenvalue weighted by Crippen LogP contribution is -2.14. The zero-order chi connectivity index (χ0) is 33.6. The Morgan fingerprint density at radius 3 is 2.40 bits per heavy atom. The van der Waals surface area contributed by atoms with Crippen LogP contribution in [0, 0.1) is 17.0 Å². The number of aromatic nitrogens is 4. The fourth-order valence-corrected chi connectivity index (χ4v) is 5.99. The average molecular weight is 648 g/mol. The number of carbonyl (C=O) groups excluding carboxylic acids is 1. The topological polar surface area (TPSA) is 124 Å². The highest BCUT2D eigenvalue weighted by atomic mass is 17.0. The maximum absolute atomic E-state index is 12.9. The molecule has 6 rings (SSSR count). The number of imidazole rings is 2. The number of carbonyl (C=O) groups is 1. The van der Waals surface area contributed by atoms with Gasteiger partial charge in [-0.1, -0.05) is 61.5 Å². The second kappa shape index (κ2) is 14.5. The van der Waals surface area contributed by atoms with E-state index >= 15 is 0 Å². The van der Waals surface area contributed by atoms with E-state index in [1.165, 1.54) is 0 Å². The SMILES string of the molecule is CCCc1nc2c(C)cc(-c3nc4ccccc4n3C)cc2n1Cc1ccc(-c2ccccc2C(=O)OCCOCCO[N+](=O)[O-])cc1. The van der Waals surface area contributed by atoms with Gasteiger partial charge in [-0.2, -0.15) is 0 Å². The van der Waals surface area contributed by atoms with Crippen molar-refractivity contribution in [1.29, 1.82) is 0 Å². The summed E-state index contributed by atoms with van der Waals surface area (Å²) in [6.07, 6.45) is 1.84. The Morgan fingerprint density at radius 1 is 0.875 bits per heavy atom. The predicted octanol–water partition coefficient (Wildman–Crippen LogP) is 6.95. The monoisotopic (exact) mass is 647 g/mol. The van der Waals surface area contributed by atoms with E-state index in [2.05, 4.69) is 65.2 Å². The number of nitrogens with zero attached hydrogens (tertiary/aromatic N) is 5. The largest absolute Gasteiger partial charge is 0.460 e. The van der Waals surface area contributed by atoms with Crippen molar-refractivity contribution < 1.29 is 24.2 Å². The maximum Gasteiger partial charge on any atom is 0.338 e. The van der Waals surface area contributed by atoms with E-state index in [9.17, 15) is 14.9 Å². The molecule has 0 aliphatic heterocycles. The minimum atomic E-state index is -0.877. The highest BCUT2D eigenvalue weighted by Gasteiger charge is 2.18. The van der Waals surface area contributed by atoms with Gasteiger partial charge < -0.3 is 23.4 Å². The van der Waals surface area contributed by atoms with Crippen LogP contribution < -0.4 is 0 Å². The lowest BCUT2D eigenvalue weighted by Gasteiger charge is -2.13. The van der Waals surface area contributed by atoms with Crippen LogP contribution in [0.2, 0.25) is 0 Å². The Hall–Kier alpha value is -5.55. The Balaban J connectivity index is 1.22.